The normalized spacial score (nSPS) is 17.2. The van der Waals surface area contributed by atoms with Crippen LogP contribution in [-0.2, 0) is 13.6 Å². The molecule has 5 heteroatoms. The molecule has 0 aromatic carbocycles. The molecule has 0 spiro atoms. The monoisotopic (exact) mass is 276 g/mol. The second kappa shape index (κ2) is 5.51. The summed E-state index contributed by atoms with van der Waals surface area (Å²) in [4.78, 5) is 4.52. The predicted molar refractivity (Wildman–Crippen MR) is 80.4 cm³/mol. The molecule has 4 nitrogen and oxygen atoms in total. The largest absolute Gasteiger partial charge is 0.310 e. The molecule has 1 N–H and O–H groups in total. The maximum absolute atomic E-state index is 4.52. The third-order valence-electron chi connectivity index (χ3n) is 3.74. The molecule has 102 valence electrons. The van der Waals surface area contributed by atoms with Crippen LogP contribution in [0.5, 0.6) is 0 Å². The number of thioether (sulfide) groups is 1. The zero-order chi connectivity index (χ0) is 13.2. The van der Waals surface area contributed by atoms with E-state index in [2.05, 4.69) is 33.2 Å². The Kier molecular flexibility index (Phi) is 3.75. The van der Waals surface area contributed by atoms with Crippen molar-refractivity contribution in [2.75, 3.05) is 11.5 Å². The third-order valence-corrected chi connectivity index (χ3v) is 4.78. The van der Waals surface area contributed by atoms with Gasteiger partial charge in [-0.1, -0.05) is 0 Å². The van der Waals surface area contributed by atoms with Gasteiger partial charge in [-0.2, -0.15) is 16.9 Å². The predicted octanol–water partition coefficient (Wildman–Crippen LogP) is 2.26. The minimum absolute atomic E-state index is 0.673. The topological polar surface area (TPSA) is 42.7 Å². The maximum atomic E-state index is 4.52. The third kappa shape index (κ3) is 2.77. The van der Waals surface area contributed by atoms with Crippen LogP contribution in [0.4, 0.5) is 0 Å². The fraction of sp³-hybridized carbons (Fsp3) is 0.571. The summed E-state index contributed by atoms with van der Waals surface area (Å²) >= 11 is 2.06. The van der Waals surface area contributed by atoms with Crippen LogP contribution < -0.4 is 5.32 Å². The molecule has 2 aromatic rings. The summed E-state index contributed by atoms with van der Waals surface area (Å²) in [5.41, 5.74) is 3.28. The standard InChI is InChI=1S/C14H20N4S/c1-10-13-7-11(9-16-14(13)18(2)17-10)8-15-12-3-5-19-6-4-12/h7,9,12,15H,3-6,8H2,1-2H3. The molecule has 0 atom stereocenters. The number of aromatic nitrogens is 3. The van der Waals surface area contributed by atoms with Crippen molar-refractivity contribution in [3.63, 3.8) is 0 Å². The van der Waals surface area contributed by atoms with Crippen molar-refractivity contribution < 1.29 is 0 Å². The Labute approximate surface area is 118 Å². The van der Waals surface area contributed by atoms with Crippen LogP contribution in [0.2, 0.25) is 0 Å². The van der Waals surface area contributed by atoms with Crippen LogP contribution in [0.25, 0.3) is 11.0 Å². The Morgan fingerprint density at radius 3 is 3.00 bits per heavy atom. The minimum atomic E-state index is 0.673. The first-order valence-electron chi connectivity index (χ1n) is 6.83. The molecule has 0 saturated carbocycles. The summed E-state index contributed by atoms with van der Waals surface area (Å²) < 4.78 is 1.85. The molecule has 0 amide bonds. The molecule has 3 heterocycles. The van der Waals surface area contributed by atoms with E-state index in [0.29, 0.717) is 6.04 Å². The fourth-order valence-electron chi connectivity index (χ4n) is 2.61. The summed E-state index contributed by atoms with van der Waals surface area (Å²) in [6.07, 6.45) is 4.53. The van der Waals surface area contributed by atoms with Gasteiger partial charge < -0.3 is 5.32 Å². The highest BCUT2D eigenvalue weighted by molar-refractivity contribution is 7.99. The van der Waals surface area contributed by atoms with E-state index < -0.39 is 0 Å². The van der Waals surface area contributed by atoms with Crippen molar-refractivity contribution in [2.24, 2.45) is 7.05 Å². The van der Waals surface area contributed by atoms with E-state index in [1.807, 2.05) is 24.9 Å². The first kappa shape index (κ1) is 12.9. The van der Waals surface area contributed by atoms with Crippen LogP contribution in [-0.4, -0.2) is 32.3 Å². The van der Waals surface area contributed by atoms with E-state index in [0.717, 1.165) is 17.9 Å². The van der Waals surface area contributed by atoms with Crippen molar-refractivity contribution in [2.45, 2.75) is 32.4 Å². The Morgan fingerprint density at radius 1 is 1.42 bits per heavy atom. The quantitative estimate of drug-likeness (QED) is 0.934. The van der Waals surface area contributed by atoms with E-state index >= 15 is 0 Å². The summed E-state index contributed by atoms with van der Waals surface area (Å²) in [6.45, 7) is 2.95. The number of nitrogens with zero attached hydrogens (tertiary/aromatic N) is 3. The zero-order valence-corrected chi connectivity index (χ0v) is 12.3. The lowest BCUT2D eigenvalue weighted by atomic mass is 10.1. The highest BCUT2D eigenvalue weighted by Crippen LogP contribution is 2.19. The lowest BCUT2D eigenvalue weighted by Crippen LogP contribution is -2.32. The maximum Gasteiger partial charge on any atom is 0.157 e. The highest BCUT2D eigenvalue weighted by Gasteiger charge is 2.13. The molecule has 3 rings (SSSR count). The average molecular weight is 276 g/mol. The zero-order valence-electron chi connectivity index (χ0n) is 11.5. The number of aryl methyl sites for hydroxylation is 2. The smallest absolute Gasteiger partial charge is 0.157 e. The SMILES string of the molecule is Cc1nn(C)c2ncc(CNC3CCSCC3)cc12. The van der Waals surface area contributed by atoms with Gasteiger partial charge in [-0.05, 0) is 42.9 Å². The van der Waals surface area contributed by atoms with Crippen molar-refractivity contribution in [1.82, 2.24) is 20.1 Å². The lowest BCUT2D eigenvalue weighted by molar-refractivity contribution is 0.482. The van der Waals surface area contributed by atoms with Crippen molar-refractivity contribution in [1.29, 1.82) is 0 Å². The second-order valence-electron chi connectivity index (χ2n) is 5.19. The molecule has 0 unspecified atom stereocenters. The number of nitrogens with one attached hydrogen (secondary N) is 1. The Balaban J connectivity index is 1.72. The number of hydrogen-bond acceptors (Lipinski definition) is 4. The first-order chi connectivity index (χ1) is 9.24. The summed E-state index contributed by atoms with van der Waals surface area (Å²) in [5, 5.41) is 9.23. The molecule has 0 bridgehead atoms. The Hall–Kier alpha value is -1.07. The average Bonchev–Trinajstić information content (AvgIpc) is 2.73. The minimum Gasteiger partial charge on any atom is -0.310 e. The van der Waals surface area contributed by atoms with Gasteiger partial charge in [-0.15, -0.1) is 0 Å². The van der Waals surface area contributed by atoms with Gasteiger partial charge in [0.15, 0.2) is 5.65 Å². The number of hydrogen-bond donors (Lipinski definition) is 1. The van der Waals surface area contributed by atoms with Crippen LogP contribution in [0.15, 0.2) is 12.3 Å². The second-order valence-corrected chi connectivity index (χ2v) is 6.42. The molecular formula is C14H20N4S. The molecule has 1 fully saturated rings. The van der Waals surface area contributed by atoms with Crippen molar-refractivity contribution in [3.8, 4) is 0 Å². The molecular weight excluding hydrogens is 256 g/mol. The summed E-state index contributed by atoms with van der Waals surface area (Å²) in [5.74, 6) is 2.58. The number of fused-ring (bicyclic) bond motifs is 1. The fourth-order valence-corrected chi connectivity index (χ4v) is 3.72. The molecule has 2 aromatic heterocycles. The summed E-state index contributed by atoms with van der Waals surface area (Å²) in [6, 6.07) is 2.89. The van der Waals surface area contributed by atoms with E-state index in [9.17, 15) is 0 Å². The number of pyridine rings is 1. The number of rotatable bonds is 3. The van der Waals surface area contributed by atoms with E-state index in [4.69, 9.17) is 0 Å². The van der Waals surface area contributed by atoms with Gasteiger partial charge >= 0.3 is 0 Å². The van der Waals surface area contributed by atoms with Gasteiger partial charge in [0.1, 0.15) is 0 Å². The Morgan fingerprint density at radius 2 is 2.21 bits per heavy atom. The van der Waals surface area contributed by atoms with Crippen LogP contribution >= 0.6 is 11.8 Å². The van der Waals surface area contributed by atoms with Gasteiger partial charge in [0.2, 0.25) is 0 Å². The van der Waals surface area contributed by atoms with Crippen molar-refractivity contribution in [3.05, 3.63) is 23.5 Å². The van der Waals surface area contributed by atoms with E-state index in [-0.39, 0.29) is 0 Å². The Bertz CT molecular complexity index is 572. The van der Waals surface area contributed by atoms with Gasteiger partial charge in [0.25, 0.3) is 0 Å². The molecule has 0 radical (unpaired) electrons. The van der Waals surface area contributed by atoms with E-state index in [1.54, 1.807) is 0 Å². The van der Waals surface area contributed by atoms with Gasteiger partial charge in [-0.25, -0.2) is 4.98 Å². The highest BCUT2D eigenvalue weighted by atomic mass is 32.2. The van der Waals surface area contributed by atoms with Gasteiger partial charge in [0, 0.05) is 31.2 Å². The molecule has 1 aliphatic heterocycles. The summed E-state index contributed by atoms with van der Waals surface area (Å²) in [7, 11) is 1.94. The molecule has 1 aliphatic rings. The van der Waals surface area contributed by atoms with Gasteiger partial charge in [0.05, 0.1) is 5.69 Å². The van der Waals surface area contributed by atoms with E-state index in [1.165, 1.54) is 35.3 Å². The lowest BCUT2D eigenvalue weighted by Gasteiger charge is -2.22. The van der Waals surface area contributed by atoms with Crippen LogP contribution in [0, 0.1) is 6.92 Å². The first-order valence-corrected chi connectivity index (χ1v) is 7.99. The van der Waals surface area contributed by atoms with Gasteiger partial charge in [-0.3, -0.25) is 4.68 Å². The molecule has 0 aliphatic carbocycles. The van der Waals surface area contributed by atoms with Crippen LogP contribution in [0.3, 0.4) is 0 Å². The van der Waals surface area contributed by atoms with Crippen LogP contribution in [0.1, 0.15) is 24.1 Å². The molecule has 19 heavy (non-hydrogen) atoms. The van der Waals surface area contributed by atoms with Crippen molar-refractivity contribution >= 4 is 22.8 Å². The molecule has 1 saturated heterocycles.